The second-order valence-corrected chi connectivity index (χ2v) is 9.58. The van der Waals surface area contributed by atoms with E-state index in [0.29, 0.717) is 36.0 Å². The molecule has 3 aromatic rings. The Morgan fingerprint density at radius 2 is 1.82 bits per heavy atom. The van der Waals surface area contributed by atoms with E-state index in [1.807, 2.05) is 48.2 Å². The summed E-state index contributed by atoms with van der Waals surface area (Å²) in [6.07, 6.45) is 3.25. The summed E-state index contributed by atoms with van der Waals surface area (Å²) in [5.41, 5.74) is 6.91. The molecule has 39 heavy (non-hydrogen) atoms. The number of amides is 2. The van der Waals surface area contributed by atoms with Crippen molar-refractivity contribution in [2.45, 2.75) is 18.9 Å². The number of nitrogens with zero attached hydrogens (tertiary/aromatic N) is 4. The van der Waals surface area contributed by atoms with Crippen LogP contribution in [0.1, 0.15) is 33.7 Å². The molecule has 0 spiro atoms. The smallest absolute Gasteiger partial charge is 0.271 e. The largest absolute Gasteiger partial charge is 0.497 e. The highest BCUT2D eigenvalue weighted by atomic mass is 16.5. The van der Waals surface area contributed by atoms with E-state index in [9.17, 15) is 9.59 Å². The zero-order chi connectivity index (χ0) is 27.8. The topological polar surface area (TPSA) is 135 Å². The van der Waals surface area contributed by atoms with Gasteiger partial charge in [0.25, 0.3) is 11.8 Å². The molecule has 2 aromatic carbocycles. The van der Waals surface area contributed by atoms with Crippen LogP contribution in [0.2, 0.25) is 0 Å². The number of primary amides is 1. The van der Waals surface area contributed by atoms with Gasteiger partial charge in [0, 0.05) is 36.9 Å². The Balaban J connectivity index is 1.43. The minimum absolute atomic E-state index is 0.0476. The second kappa shape index (κ2) is 12.9. The van der Waals surface area contributed by atoms with Gasteiger partial charge in [-0.2, -0.15) is 0 Å². The third kappa shape index (κ3) is 7.57. The highest BCUT2D eigenvalue weighted by molar-refractivity contribution is 5.96. The van der Waals surface area contributed by atoms with Crippen LogP contribution in [0.5, 0.6) is 11.5 Å². The molecule has 1 fully saturated rings. The van der Waals surface area contributed by atoms with Crippen LogP contribution >= 0.6 is 0 Å². The first kappa shape index (κ1) is 27.6. The van der Waals surface area contributed by atoms with Crippen LogP contribution in [-0.2, 0) is 0 Å². The van der Waals surface area contributed by atoms with Gasteiger partial charge in [-0.25, -0.2) is 9.97 Å². The summed E-state index contributed by atoms with van der Waals surface area (Å²) in [4.78, 5) is 37.9. The van der Waals surface area contributed by atoms with Gasteiger partial charge in [0.05, 0.1) is 13.3 Å². The number of nitrogens with one attached hydrogen (secondary N) is 2. The number of hydrogen-bond acceptors (Lipinski definition) is 9. The van der Waals surface area contributed by atoms with Crippen molar-refractivity contribution in [2.75, 3.05) is 57.7 Å². The number of carbonyl (C=O) groups is 2. The average Bonchev–Trinajstić information content (AvgIpc) is 2.94. The van der Waals surface area contributed by atoms with E-state index >= 15 is 0 Å². The number of aromatic nitrogens is 2. The van der Waals surface area contributed by atoms with Gasteiger partial charge in [-0.15, -0.1) is 0 Å². The Bertz CT molecular complexity index is 1270. The van der Waals surface area contributed by atoms with Gasteiger partial charge < -0.3 is 35.6 Å². The highest BCUT2D eigenvalue weighted by Gasteiger charge is 2.24. The molecular formula is C28H35N7O4. The summed E-state index contributed by atoms with van der Waals surface area (Å²) >= 11 is 0. The molecule has 0 bridgehead atoms. The monoisotopic (exact) mass is 533 g/mol. The van der Waals surface area contributed by atoms with Crippen LogP contribution < -0.4 is 30.7 Å². The van der Waals surface area contributed by atoms with E-state index in [1.54, 1.807) is 37.6 Å². The van der Waals surface area contributed by atoms with E-state index in [-0.39, 0.29) is 23.5 Å². The van der Waals surface area contributed by atoms with Crippen molar-refractivity contribution in [1.82, 2.24) is 20.2 Å². The minimum atomic E-state index is -0.677. The van der Waals surface area contributed by atoms with Crippen molar-refractivity contribution >= 4 is 29.1 Å². The normalized spacial score (nSPS) is 15.1. The predicted octanol–water partition coefficient (Wildman–Crippen LogP) is 2.67. The summed E-state index contributed by atoms with van der Waals surface area (Å²) in [7, 11) is 5.57. The molecular weight excluding hydrogens is 498 g/mol. The van der Waals surface area contributed by atoms with E-state index < -0.39 is 5.91 Å². The fourth-order valence-electron chi connectivity index (χ4n) is 4.23. The van der Waals surface area contributed by atoms with Crippen LogP contribution in [0.4, 0.5) is 17.3 Å². The number of methoxy groups -OCH3 is 1. The van der Waals surface area contributed by atoms with Gasteiger partial charge in [-0.3, -0.25) is 9.59 Å². The van der Waals surface area contributed by atoms with E-state index in [1.165, 1.54) is 0 Å². The van der Waals surface area contributed by atoms with Crippen LogP contribution in [0.3, 0.4) is 0 Å². The zero-order valence-corrected chi connectivity index (χ0v) is 22.5. The molecule has 206 valence electrons. The molecule has 1 aliphatic heterocycles. The summed E-state index contributed by atoms with van der Waals surface area (Å²) in [6, 6.07) is 14.3. The summed E-state index contributed by atoms with van der Waals surface area (Å²) in [5, 5.41) is 6.27. The Hall–Kier alpha value is -4.38. The molecule has 2 amide bonds. The number of benzene rings is 2. The lowest BCUT2D eigenvalue weighted by Gasteiger charge is -2.34. The molecule has 11 heteroatoms. The molecule has 0 radical (unpaired) electrons. The van der Waals surface area contributed by atoms with Crippen molar-refractivity contribution in [2.24, 2.45) is 5.73 Å². The van der Waals surface area contributed by atoms with Crippen molar-refractivity contribution in [3.05, 3.63) is 66.0 Å². The number of hydrogen-bond donors (Lipinski definition) is 3. The first-order valence-electron chi connectivity index (χ1n) is 12.8. The maximum atomic E-state index is 12.8. The standard InChI is InChI=1S/C28H35N7O4/c1-34(2)15-16-39-23-12-8-20(9-13-23)31-27-25(26(29)36)30-17-24(33-27)35-14-4-5-21(18-35)32-28(37)19-6-10-22(38-3)11-7-19/h6-13,17,21H,4-5,14-16,18H2,1-3H3,(H2,29,36)(H,31,33)(H,32,37). The molecule has 0 saturated carbocycles. The SMILES string of the molecule is COc1ccc(C(=O)NC2CCCN(c3cnc(C(N)=O)c(Nc4ccc(OCCN(C)C)cc4)n3)C2)cc1. The van der Waals surface area contributed by atoms with Gasteiger partial charge in [-0.1, -0.05) is 0 Å². The quantitative estimate of drug-likeness (QED) is 0.340. The first-order valence-corrected chi connectivity index (χ1v) is 12.8. The van der Waals surface area contributed by atoms with Crippen molar-refractivity contribution in [3.8, 4) is 11.5 Å². The Labute approximate surface area is 228 Å². The van der Waals surface area contributed by atoms with Crippen LogP contribution in [0.25, 0.3) is 0 Å². The molecule has 0 aliphatic carbocycles. The summed E-state index contributed by atoms with van der Waals surface area (Å²) < 4.78 is 10.9. The highest BCUT2D eigenvalue weighted by Crippen LogP contribution is 2.25. The lowest BCUT2D eigenvalue weighted by Crippen LogP contribution is -2.48. The lowest BCUT2D eigenvalue weighted by atomic mass is 10.0. The van der Waals surface area contributed by atoms with Gasteiger partial charge in [-0.05, 0) is 75.5 Å². The van der Waals surface area contributed by atoms with Crippen LogP contribution in [-0.4, -0.2) is 80.2 Å². The number of rotatable bonds is 11. The molecule has 4 N–H and O–H groups in total. The van der Waals surface area contributed by atoms with Crippen LogP contribution in [0, 0.1) is 0 Å². The second-order valence-electron chi connectivity index (χ2n) is 9.58. The molecule has 1 aromatic heterocycles. The number of ether oxygens (including phenoxy) is 2. The lowest BCUT2D eigenvalue weighted by molar-refractivity contribution is 0.0931. The third-order valence-electron chi connectivity index (χ3n) is 6.35. The number of anilines is 3. The number of carbonyl (C=O) groups excluding carboxylic acids is 2. The van der Waals surface area contributed by atoms with Gasteiger partial charge in [0.2, 0.25) is 0 Å². The van der Waals surface area contributed by atoms with E-state index in [2.05, 4.69) is 20.6 Å². The van der Waals surface area contributed by atoms with Crippen LogP contribution in [0.15, 0.2) is 54.7 Å². The zero-order valence-electron chi connectivity index (χ0n) is 22.5. The third-order valence-corrected chi connectivity index (χ3v) is 6.35. The summed E-state index contributed by atoms with van der Waals surface area (Å²) in [6.45, 7) is 2.70. The Morgan fingerprint density at radius 3 is 2.49 bits per heavy atom. The van der Waals surface area contributed by atoms with Gasteiger partial charge >= 0.3 is 0 Å². The summed E-state index contributed by atoms with van der Waals surface area (Å²) in [5.74, 6) is 1.48. The van der Waals surface area contributed by atoms with E-state index in [0.717, 1.165) is 31.7 Å². The molecule has 1 saturated heterocycles. The molecule has 1 unspecified atom stereocenters. The van der Waals surface area contributed by atoms with Crippen molar-refractivity contribution in [1.29, 1.82) is 0 Å². The minimum Gasteiger partial charge on any atom is -0.497 e. The number of likely N-dealkylation sites (N-methyl/N-ethyl adjacent to an activating group) is 1. The van der Waals surface area contributed by atoms with Gasteiger partial charge in [0.15, 0.2) is 11.5 Å². The fraction of sp³-hybridized carbons (Fsp3) is 0.357. The van der Waals surface area contributed by atoms with E-state index in [4.69, 9.17) is 15.2 Å². The maximum Gasteiger partial charge on any atom is 0.271 e. The maximum absolute atomic E-state index is 12.8. The Morgan fingerprint density at radius 1 is 1.10 bits per heavy atom. The Kier molecular flexibility index (Phi) is 9.16. The van der Waals surface area contributed by atoms with Gasteiger partial charge in [0.1, 0.15) is 23.9 Å². The predicted molar refractivity (Wildman–Crippen MR) is 150 cm³/mol. The molecule has 4 rings (SSSR count). The van der Waals surface area contributed by atoms with Crippen molar-refractivity contribution < 1.29 is 19.1 Å². The fourth-order valence-corrected chi connectivity index (χ4v) is 4.23. The number of nitrogens with two attached hydrogens (primary N) is 1. The molecule has 11 nitrogen and oxygen atoms in total. The molecule has 2 heterocycles. The molecule has 1 atom stereocenters. The number of piperidine rings is 1. The average molecular weight is 534 g/mol. The molecule has 1 aliphatic rings. The first-order chi connectivity index (χ1) is 18.8. The van der Waals surface area contributed by atoms with Crippen molar-refractivity contribution in [3.63, 3.8) is 0 Å².